The zero-order valence-corrected chi connectivity index (χ0v) is 13.6. The van der Waals surface area contributed by atoms with Gasteiger partial charge in [-0.05, 0) is 42.9 Å². The Labute approximate surface area is 139 Å². The predicted octanol–water partition coefficient (Wildman–Crippen LogP) is 1.51. The van der Waals surface area contributed by atoms with Crippen LogP contribution in [-0.2, 0) is 0 Å². The molecule has 0 bridgehead atoms. The largest absolute Gasteiger partial charge is 0.497 e. The molecule has 1 unspecified atom stereocenters. The van der Waals surface area contributed by atoms with Gasteiger partial charge in [0, 0.05) is 18.9 Å². The number of methoxy groups -OCH3 is 1. The lowest BCUT2D eigenvalue weighted by Gasteiger charge is -2.13. The molecule has 3 rings (SSSR count). The highest BCUT2D eigenvalue weighted by Crippen LogP contribution is 2.19. The Balaban J connectivity index is 1.71. The van der Waals surface area contributed by atoms with Gasteiger partial charge in [0.1, 0.15) is 5.75 Å². The van der Waals surface area contributed by atoms with Gasteiger partial charge in [-0.3, -0.25) is 10.2 Å². The van der Waals surface area contributed by atoms with Crippen LogP contribution in [0.5, 0.6) is 5.75 Å². The van der Waals surface area contributed by atoms with Crippen LogP contribution < -0.4 is 20.7 Å². The number of anilines is 3. The number of halogens is 1. The van der Waals surface area contributed by atoms with Crippen molar-refractivity contribution in [1.29, 1.82) is 0 Å². The lowest BCUT2D eigenvalue weighted by Crippen LogP contribution is -2.33. The second-order valence-corrected chi connectivity index (χ2v) is 5.54. The molecule has 1 aromatic carbocycles. The molecule has 1 aliphatic rings. The van der Waals surface area contributed by atoms with Gasteiger partial charge in [0.25, 0.3) is 0 Å². The molecule has 0 amide bonds. The van der Waals surface area contributed by atoms with Gasteiger partial charge in [0.05, 0.1) is 13.3 Å². The summed E-state index contributed by atoms with van der Waals surface area (Å²) in [7, 11) is 3.66. The SMILES string of the molecule is COc1ccc(Nc2nc(Cl)nc(NC3CN(C)CN3)n2)cc1. The third-order valence-electron chi connectivity index (χ3n) is 3.36. The van der Waals surface area contributed by atoms with Gasteiger partial charge < -0.3 is 15.4 Å². The number of rotatable bonds is 5. The summed E-state index contributed by atoms with van der Waals surface area (Å²) in [4.78, 5) is 14.7. The predicted molar refractivity (Wildman–Crippen MR) is 89.2 cm³/mol. The van der Waals surface area contributed by atoms with E-state index in [0.717, 1.165) is 24.7 Å². The van der Waals surface area contributed by atoms with Crippen molar-refractivity contribution in [2.75, 3.05) is 38.0 Å². The zero-order valence-electron chi connectivity index (χ0n) is 12.9. The molecule has 1 atom stereocenters. The standard InChI is InChI=1S/C14H18ClN7O/c1-22-7-11(16-8-22)18-14-20-12(15)19-13(21-14)17-9-3-5-10(23-2)6-4-9/h3-6,11,16H,7-8H2,1-2H3,(H2,17,18,19,20,21). The smallest absolute Gasteiger partial charge is 0.233 e. The fraction of sp³-hybridized carbons (Fsp3) is 0.357. The van der Waals surface area contributed by atoms with Gasteiger partial charge in [-0.1, -0.05) is 0 Å². The Hall–Kier alpha value is -2.16. The Morgan fingerprint density at radius 1 is 1.22 bits per heavy atom. The van der Waals surface area contributed by atoms with Gasteiger partial charge in [-0.2, -0.15) is 15.0 Å². The van der Waals surface area contributed by atoms with Crippen LogP contribution in [-0.4, -0.2) is 53.4 Å². The minimum absolute atomic E-state index is 0.0762. The summed E-state index contributed by atoms with van der Waals surface area (Å²) < 4.78 is 5.13. The number of ether oxygens (including phenoxy) is 1. The minimum atomic E-state index is 0.0762. The van der Waals surface area contributed by atoms with Crippen LogP contribution in [0.15, 0.2) is 24.3 Å². The van der Waals surface area contributed by atoms with Crippen molar-refractivity contribution in [2.24, 2.45) is 0 Å². The van der Waals surface area contributed by atoms with E-state index in [9.17, 15) is 0 Å². The first-order chi connectivity index (χ1) is 11.1. The maximum atomic E-state index is 5.98. The summed E-state index contributed by atoms with van der Waals surface area (Å²) in [5, 5.41) is 9.72. The fourth-order valence-corrected chi connectivity index (χ4v) is 2.39. The highest BCUT2D eigenvalue weighted by Gasteiger charge is 2.19. The first kappa shape index (κ1) is 15.7. The molecule has 0 radical (unpaired) electrons. The summed E-state index contributed by atoms with van der Waals surface area (Å²) in [5.74, 6) is 1.58. The van der Waals surface area contributed by atoms with E-state index < -0.39 is 0 Å². The van der Waals surface area contributed by atoms with E-state index >= 15 is 0 Å². The molecule has 0 aliphatic carbocycles. The Morgan fingerprint density at radius 3 is 2.61 bits per heavy atom. The number of likely N-dealkylation sites (N-methyl/N-ethyl adjacent to an activating group) is 1. The molecule has 23 heavy (non-hydrogen) atoms. The summed E-state index contributed by atoms with van der Waals surface area (Å²) in [6.45, 7) is 1.66. The van der Waals surface area contributed by atoms with Crippen LogP contribution in [0, 0.1) is 0 Å². The van der Waals surface area contributed by atoms with Crippen LogP contribution in [0.25, 0.3) is 0 Å². The van der Waals surface area contributed by atoms with Crippen molar-refractivity contribution in [3.05, 3.63) is 29.5 Å². The third-order valence-corrected chi connectivity index (χ3v) is 3.53. The van der Waals surface area contributed by atoms with Crippen molar-refractivity contribution in [3.63, 3.8) is 0 Å². The molecule has 1 fully saturated rings. The molecular weight excluding hydrogens is 318 g/mol. The molecule has 0 spiro atoms. The van der Waals surface area contributed by atoms with Crippen molar-refractivity contribution in [1.82, 2.24) is 25.2 Å². The third kappa shape index (κ3) is 4.19. The molecule has 2 aromatic rings. The average molecular weight is 336 g/mol. The van der Waals surface area contributed by atoms with Crippen molar-refractivity contribution >= 4 is 29.2 Å². The van der Waals surface area contributed by atoms with Crippen LogP contribution in [0.3, 0.4) is 0 Å². The molecule has 0 saturated carbocycles. The van der Waals surface area contributed by atoms with Crippen LogP contribution in [0.1, 0.15) is 0 Å². The summed E-state index contributed by atoms with van der Waals surface area (Å²) in [5.41, 5.74) is 0.831. The highest BCUT2D eigenvalue weighted by atomic mass is 35.5. The quantitative estimate of drug-likeness (QED) is 0.758. The van der Waals surface area contributed by atoms with E-state index in [1.165, 1.54) is 0 Å². The zero-order chi connectivity index (χ0) is 16.2. The van der Waals surface area contributed by atoms with E-state index in [0.29, 0.717) is 11.9 Å². The Bertz CT molecular complexity index is 667. The molecule has 122 valence electrons. The van der Waals surface area contributed by atoms with Crippen molar-refractivity contribution in [3.8, 4) is 5.75 Å². The van der Waals surface area contributed by atoms with Gasteiger partial charge in [-0.15, -0.1) is 0 Å². The highest BCUT2D eigenvalue weighted by molar-refractivity contribution is 6.28. The number of hydrogen-bond donors (Lipinski definition) is 3. The number of benzene rings is 1. The van der Waals surface area contributed by atoms with Crippen molar-refractivity contribution in [2.45, 2.75) is 6.17 Å². The van der Waals surface area contributed by atoms with E-state index in [-0.39, 0.29) is 11.4 Å². The van der Waals surface area contributed by atoms with Crippen LogP contribution >= 0.6 is 11.6 Å². The normalized spacial score (nSPS) is 18.0. The molecule has 1 saturated heterocycles. The van der Waals surface area contributed by atoms with Gasteiger partial charge >= 0.3 is 0 Å². The maximum Gasteiger partial charge on any atom is 0.233 e. The first-order valence-electron chi connectivity index (χ1n) is 7.13. The number of nitrogens with zero attached hydrogens (tertiary/aromatic N) is 4. The minimum Gasteiger partial charge on any atom is -0.497 e. The second-order valence-electron chi connectivity index (χ2n) is 5.20. The first-order valence-corrected chi connectivity index (χ1v) is 7.51. The molecule has 1 aliphatic heterocycles. The lowest BCUT2D eigenvalue weighted by atomic mass is 10.3. The molecule has 2 heterocycles. The average Bonchev–Trinajstić information content (AvgIpc) is 2.92. The van der Waals surface area contributed by atoms with Crippen LogP contribution in [0.2, 0.25) is 5.28 Å². The van der Waals surface area contributed by atoms with E-state index in [2.05, 4.69) is 35.8 Å². The fourth-order valence-electron chi connectivity index (χ4n) is 2.23. The molecule has 9 heteroatoms. The number of hydrogen-bond acceptors (Lipinski definition) is 8. The lowest BCUT2D eigenvalue weighted by molar-refractivity contribution is 0.408. The van der Waals surface area contributed by atoms with Gasteiger partial charge in [0.15, 0.2) is 0 Å². The number of nitrogens with one attached hydrogen (secondary N) is 3. The monoisotopic (exact) mass is 335 g/mol. The summed E-state index contributed by atoms with van der Waals surface area (Å²) in [6.07, 6.45) is 0.0762. The van der Waals surface area contributed by atoms with Crippen molar-refractivity contribution < 1.29 is 4.74 Å². The Kier molecular flexibility index (Phi) is 4.75. The molecule has 1 aromatic heterocycles. The number of aromatic nitrogens is 3. The maximum absolute atomic E-state index is 5.98. The summed E-state index contributed by atoms with van der Waals surface area (Å²) in [6, 6.07) is 7.44. The van der Waals surface area contributed by atoms with Gasteiger partial charge in [0.2, 0.25) is 17.2 Å². The Morgan fingerprint density at radius 2 is 1.96 bits per heavy atom. The topological polar surface area (TPSA) is 87.2 Å². The van der Waals surface area contributed by atoms with Gasteiger partial charge in [-0.25, -0.2) is 0 Å². The van der Waals surface area contributed by atoms with Crippen LogP contribution in [0.4, 0.5) is 17.6 Å². The second kappa shape index (κ2) is 6.95. The van der Waals surface area contributed by atoms with E-state index in [1.54, 1.807) is 7.11 Å². The molecule has 8 nitrogen and oxygen atoms in total. The molecular formula is C14H18ClN7O. The summed E-state index contributed by atoms with van der Waals surface area (Å²) >= 11 is 5.98. The van der Waals surface area contributed by atoms with E-state index in [4.69, 9.17) is 16.3 Å². The molecule has 3 N–H and O–H groups in total. The van der Waals surface area contributed by atoms with E-state index in [1.807, 2.05) is 31.3 Å².